The van der Waals surface area contributed by atoms with Gasteiger partial charge >= 0.3 is 0 Å². The van der Waals surface area contributed by atoms with Crippen LogP contribution in [0.1, 0.15) is 11.1 Å². The highest BCUT2D eigenvalue weighted by Gasteiger charge is 2.13. The first-order chi connectivity index (χ1) is 8.88. The molecule has 4 heteroatoms. The zero-order chi connectivity index (χ0) is 12.6. The van der Waals surface area contributed by atoms with Crippen LogP contribution in [0.25, 0.3) is 0 Å². The molecule has 2 rings (SSSR count). The summed E-state index contributed by atoms with van der Waals surface area (Å²) in [6, 6.07) is 8.45. The van der Waals surface area contributed by atoms with E-state index in [9.17, 15) is 0 Å². The highest BCUT2D eigenvalue weighted by molar-refractivity contribution is 5.21. The molecule has 100 valence electrons. The Morgan fingerprint density at radius 2 is 2.00 bits per heavy atom. The normalized spacial score (nSPS) is 19.9. The summed E-state index contributed by atoms with van der Waals surface area (Å²) in [4.78, 5) is 0. The van der Waals surface area contributed by atoms with Crippen molar-refractivity contribution in [1.29, 1.82) is 0 Å². The lowest BCUT2D eigenvalue weighted by molar-refractivity contribution is -0.0864. The summed E-state index contributed by atoms with van der Waals surface area (Å²) in [6.45, 7) is 4.48. The minimum atomic E-state index is 0.187. The molecule has 0 aromatic heterocycles. The van der Waals surface area contributed by atoms with Crippen molar-refractivity contribution < 1.29 is 14.2 Å². The average molecular weight is 251 g/mol. The Morgan fingerprint density at radius 3 is 2.67 bits per heavy atom. The molecule has 1 unspecified atom stereocenters. The summed E-state index contributed by atoms with van der Waals surface area (Å²) in [5.74, 6) is 0. The highest BCUT2D eigenvalue weighted by Crippen LogP contribution is 2.06. The molecule has 1 aromatic rings. The quantitative estimate of drug-likeness (QED) is 0.828. The first-order valence-corrected chi connectivity index (χ1v) is 6.35. The van der Waals surface area contributed by atoms with E-state index in [1.54, 1.807) is 7.11 Å². The number of hydrogen-bond acceptors (Lipinski definition) is 4. The summed E-state index contributed by atoms with van der Waals surface area (Å²) < 4.78 is 16.0. The number of rotatable bonds is 6. The van der Waals surface area contributed by atoms with Crippen LogP contribution >= 0.6 is 0 Å². The third-order valence-electron chi connectivity index (χ3n) is 2.92. The zero-order valence-electron chi connectivity index (χ0n) is 10.9. The van der Waals surface area contributed by atoms with Crippen LogP contribution in [0.15, 0.2) is 24.3 Å². The monoisotopic (exact) mass is 251 g/mol. The molecule has 0 saturated carbocycles. The first-order valence-electron chi connectivity index (χ1n) is 6.35. The second kappa shape index (κ2) is 7.48. The van der Waals surface area contributed by atoms with Gasteiger partial charge in [0, 0.05) is 20.2 Å². The fourth-order valence-electron chi connectivity index (χ4n) is 1.95. The van der Waals surface area contributed by atoms with Crippen LogP contribution < -0.4 is 5.32 Å². The van der Waals surface area contributed by atoms with E-state index in [2.05, 4.69) is 29.6 Å². The van der Waals surface area contributed by atoms with Crippen molar-refractivity contribution in [2.75, 3.05) is 33.5 Å². The Morgan fingerprint density at radius 1 is 1.22 bits per heavy atom. The van der Waals surface area contributed by atoms with Gasteiger partial charge in [-0.05, 0) is 11.1 Å². The van der Waals surface area contributed by atoms with Crippen molar-refractivity contribution in [1.82, 2.24) is 5.32 Å². The lowest BCUT2D eigenvalue weighted by Crippen LogP contribution is -2.37. The van der Waals surface area contributed by atoms with Crippen LogP contribution in [0.2, 0.25) is 0 Å². The molecule has 0 radical (unpaired) electrons. The van der Waals surface area contributed by atoms with E-state index in [1.165, 1.54) is 11.1 Å². The van der Waals surface area contributed by atoms with E-state index in [0.717, 1.165) is 19.7 Å². The van der Waals surface area contributed by atoms with E-state index in [1.807, 2.05) is 0 Å². The minimum Gasteiger partial charge on any atom is -0.380 e. The third kappa shape index (κ3) is 4.38. The summed E-state index contributed by atoms with van der Waals surface area (Å²) in [6.07, 6.45) is 0.187. The van der Waals surface area contributed by atoms with Gasteiger partial charge in [-0.15, -0.1) is 0 Å². The summed E-state index contributed by atoms with van der Waals surface area (Å²) in [7, 11) is 1.71. The Labute approximate surface area is 108 Å². The highest BCUT2D eigenvalue weighted by atomic mass is 16.6. The maximum atomic E-state index is 5.56. The molecular formula is C14H21NO3. The number of hydrogen-bond donors (Lipinski definition) is 1. The van der Waals surface area contributed by atoms with Gasteiger partial charge in [0.1, 0.15) is 0 Å². The van der Waals surface area contributed by atoms with Crippen LogP contribution in [0.5, 0.6) is 0 Å². The average Bonchev–Trinajstić information content (AvgIpc) is 2.42. The van der Waals surface area contributed by atoms with Gasteiger partial charge in [0.15, 0.2) is 0 Å². The van der Waals surface area contributed by atoms with Gasteiger partial charge in [-0.3, -0.25) is 0 Å². The van der Waals surface area contributed by atoms with Crippen LogP contribution in [-0.4, -0.2) is 39.6 Å². The second-order valence-corrected chi connectivity index (χ2v) is 4.45. The predicted octanol–water partition coefficient (Wildman–Crippen LogP) is 1.34. The van der Waals surface area contributed by atoms with E-state index in [-0.39, 0.29) is 6.10 Å². The van der Waals surface area contributed by atoms with E-state index in [0.29, 0.717) is 19.8 Å². The van der Waals surface area contributed by atoms with Gasteiger partial charge in [0.25, 0.3) is 0 Å². The Kier molecular flexibility index (Phi) is 5.61. The Hall–Kier alpha value is -0.940. The van der Waals surface area contributed by atoms with Crippen molar-refractivity contribution >= 4 is 0 Å². The Balaban J connectivity index is 1.69. The molecule has 1 atom stereocenters. The van der Waals surface area contributed by atoms with Crippen molar-refractivity contribution in [2.45, 2.75) is 19.3 Å². The molecule has 1 aromatic carbocycles. The molecule has 1 N–H and O–H groups in total. The van der Waals surface area contributed by atoms with Gasteiger partial charge < -0.3 is 19.5 Å². The molecule has 0 bridgehead atoms. The van der Waals surface area contributed by atoms with Gasteiger partial charge in [0.05, 0.1) is 32.5 Å². The topological polar surface area (TPSA) is 39.7 Å². The standard InChI is InChI=1S/C14H21NO3/c1-16-10-13-4-2-12(3-5-13)8-15-9-14-11-17-6-7-18-14/h2-5,14-15H,6-11H2,1H3. The zero-order valence-corrected chi connectivity index (χ0v) is 10.9. The molecule has 4 nitrogen and oxygen atoms in total. The number of methoxy groups -OCH3 is 1. The van der Waals surface area contributed by atoms with E-state index in [4.69, 9.17) is 14.2 Å². The largest absolute Gasteiger partial charge is 0.380 e. The maximum Gasteiger partial charge on any atom is 0.0933 e. The Bertz CT molecular complexity index is 333. The number of benzene rings is 1. The SMILES string of the molecule is COCc1ccc(CNCC2COCCO2)cc1. The van der Waals surface area contributed by atoms with Crippen LogP contribution in [0, 0.1) is 0 Å². The predicted molar refractivity (Wildman–Crippen MR) is 69.4 cm³/mol. The third-order valence-corrected chi connectivity index (χ3v) is 2.92. The van der Waals surface area contributed by atoms with Crippen molar-refractivity contribution in [2.24, 2.45) is 0 Å². The smallest absolute Gasteiger partial charge is 0.0933 e. The van der Waals surface area contributed by atoms with Crippen molar-refractivity contribution in [3.05, 3.63) is 35.4 Å². The van der Waals surface area contributed by atoms with Gasteiger partial charge in [-0.25, -0.2) is 0 Å². The van der Waals surface area contributed by atoms with E-state index < -0.39 is 0 Å². The minimum absolute atomic E-state index is 0.187. The molecule has 18 heavy (non-hydrogen) atoms. The van der Waals surface area contributed by atoms with Crippen molar-refractivity contribution in [3.63, 3.8) is 0 Å². The molecule has 1 heterocycles. The van der Waals surface area contributed by atoms with Gasteiger partial charge in [0.2, 0.25) is 0 Å². The second-order valence-electron chi connectivity index (χ2n) is 4.45. The molecule has 0 spiro atoms. The van der Waals surface area contributed by atoms with Crippen LogP contribution in [0.3, 0.4) is 0 Å². The van der Waals surface area contributed by atoms with Gasteiger partial charge in [-0.2, -0.15) is 0 Å². The summed E-state index contributed by atoms with van der Waals surface area (Å²) in [5.41, 5.74) is 2.47. The lowest BCUT2D eigenvalue weighted by Gasteiger charge is -2.23. The number of ether oxygens (including phenoxy) is 3. The van der Waals surface area contributed by atoms with E-state index >= 15 is 0 Å². The fraction of sp³-hybridized carbons (Fsp3) is 0.571. The molecule has 1 saturated heterocycles. The molecule has 1 aliphatic heterocycles. The summed E-state index contributed by atoms with van der Waals surface area (Å²) >= 11 is 0. The molecular weight excluding hydrogens is 230 g/mol. The molecule has 0 aliphatic carbocycles. The van der Waals surface area contributed by atoms with Crippen LogP contribution in [0.4, 0.5) is 0 Å². The first kappa shape index (κ1) is 13.5. The lowest BCUT2D eigenvalue weighted by atomic mass is 10.1. The fourth-order valence-corrected chi connectivity index (χ4v) is 1.95. The van der Waals surface area contributed by atoms with Crippen LogP contribution in [-0.2, 0) is 27.4 Å². The molecule has 1 fully saturated rings. The summed E-state index contributed by atoms with van der Waals surface area (Å²) in [5, 5.41) is 3.39. The molecule has 0 amide bonds. The maximum absolute atomic E-state index is 5.56. The molecule has 1 aliphatic rings. The number of nitrogens with one attached hydrogen (secondary N) is 1. The van der Waals surface area contributed by atoms with Crippen molar-refractivity contribution in [3.8, 4) is 0 Å². The van der Waals surface area contributed by atoms with Gasteiger partial charge in [-0.1, -0.05) is 24.3 Å².